The van der Waals surface area contributed by atoms with Crippen LogP contribution in [0.2, 0.25) is 0 Å². The maximum Gasteiger partial charge on any atom is 0.157 e. The molecule has 0 saturated carbocycles. The summed E-state index contributed by atoms with van der Waals surface area (Å²) in [4.78, 5) is 4.64. The quantitative estimate of drug-likeness (QED) is 0.866. The van der Waals surface area contributed by atoms with Crippen LogP contribution in [-0.2, 0) is 0 Å². The van der Waals surface area contributed by atoms with Crippen molar-refractivity contribution in [1.29, 1.82) is 0 Å². The van der Waals surface area contributed by atoms with Crippen molar-refractivity contribution in [3.8, 4) is 0 Å². The van der Waals surface area contributed by atoms with Crippen molar-refractivity contribution >= 4 is 16.9 Å². The van der Waals surface area contributed by atoms with Crippen LogP contribution in [0.3, 0.4) is 0 Å². The van der Waals surface area contributed by atoms with Gasteiger partial charge in [0.2, 0.25) is 0 Å². The van der Waals surface area contributed by atoms with Crippen molar-refractivity contribution in [2.24, 2.45) is 10.4 Å². The number of hydrogen-bond acceptors (Lipinski definition) is 2. The number of nitrogens with one attached hydrogen (secondary N) is 1. The van der Waals surface area contributed by atoms with Gasteiger partial charge >= 0.3 is 0 Å². The molecule has 0 aliphatic carbocycles. The Bertz CT molecular complexity index is 392. The Balaban J connectivity index is 1.96. The monoisotopic (exact) mass is 248 g/mol. The first-order valence-electron chi connectivity index (χ1n) is 6.03. The molecule has 1 aromatic carbocycles. The van der Waals surface area contributed by atoms with Gasteiger partial charge in [-0.3, -0.25) is 4.99 Å². The smallest absolute Gasteiger partial charge is 0.157 e. The van der Waals surface area contributed by atoms with Crippen LogP contribution in [0.1, 0.15) is 32.4 Å². The number of rotatable bonds is 2. The van der Waals surface area contributed by atoms with E-state index in [4.69, 9.17) is 0 Å². The highest BCUT2D eigenvalue weighted by Crippen LogP contribution is 2.26. The fourth-order valence-electron chi connectivity index (χ4n) is 1.66. The van der Waals surface area contributed by atoms with E-state index >= 15 is 0 Å². The van der Waals surface area contributed by atoms with Crippen LogP contribution in [0.4, 0.5) is 0 Å². The molecule has 1 aromatic rings. The average molecular weight is 248 g/mol. The number of aliphatic imine (C=N–C) groups is 1. The normalized spacial score (nSPS) is 22.8. The molecule has 1 heterocycles. The molecular weight excluding hydrogens is 228 g/mol. The molecular formula is C14H20N2S. The first-order chi connectivity index (χ1) is 8.04. The van der Waals surface area contributed by atoms with Crippen molar-refractivity contribution in [2.45, 2.75) is 26.8 Å². The summed E-state index contributed by atoms with van der Waals surface area (Å²) < 4.78 is 0. The second-order valence-corrected chi connectivity index (χ2v) is 6.61. The standard InChI is InChI=1S/C14H20N2S/c1-14(2,3)10-15-13-16-12(9-17-13)11-7-5-4-6-8-11/h4-8,12H,9-10H2,1-3H3,(H,15,16). The van der Waals surface area contributed by atoms with Gasteiger partial charge in [0, 0.05) is 12.3 Å². The SMILES string of the molecule is CC(C)(C)CN=C1NC(c2ccccc2)CS1. The second kappa shape index (κ2) is 5.13. The molecule has 1 aliphatic rings. The minimum Gasteiger partial charge on any atom is -0.357 e. The summed E-state index contributed by atoms with van der Waals surface area (Å²) in [7, 11) is 0. The Morgan fingerprint density at radius 1 is 1.29 bits per heavy atom. The predicted octanol–water partition coefficient (Wildman–Crippen LogP) is 3.47. The molecule has 92 valence electrons. The lowest BCUT2D eigenvalue weighted by Gasteiger charge is -2.15. The fraction of sp³-hybridized carbons (Fsp3) is 0.500. The molecule has 0 bridgehead atoms. The maximum absolute atomic E-state index is 4.64. The van der Waals surface area contributed by atoms with Gasteiger partial charge in [0.05, 0.1) is 6.04 Å². The van der Waals surface area contributed by atoms with E-state index in [2.05, 4.69) is 61.4 Å². The van der Waals surface area contributed by atoms with Crippen LogP contribution in [0.5, 0.6) is 0 Å². The van der Waals surface area contributed by atoms with Gasteiger partial charge in [-0.1, -0.05) is 62.9 Å². The Labute approximate surface area is 108 Å². The second-order valence-electron chi connectivity index (χ2n) is 5.60. The van der Waals surface area contributed by atoms with Gasteiger partial charge in [-0.25, -0.2) is 0 Å². The van der Waals surface area contributed by atoms with E-state index in [9.17, 15) is 0 Å². The first kappa shape index (κ1) is 12.5. The molecule has 2 rings (SSSR count). The summed E-state index contributed by atoms with van der Waals surface area (Å²) >= 11 is 1.82. The number of hydrogen-bond donors (Lipinski definition) is 1. The lowest BCUT2D eigenvalue weighted by Crippen LogP contribution is -2.21. The third-order valence-electron chi connectivity index (χ3n) is 2.58. The third-order valence-corrected chi connectivity index (χ3v) is 3.60. The van der Waals surface area contributed by atoms with Gasteiger partial charge < -0.3 is 5.32 Å². The molecule has 1 saturated heterocycles. The minimum absolute atomic E-state index is 0.264. The van der Waals surface area contributed by atoms with Gasteiger partial charge in [-0.15, -0.1) is 0 Å². The number of amidine groups is 1. The molecule has 1 unspecified atom stereocenters. The van der Waals surface area contributed by atoms with E-state index in [-0.39, 0.29) is 5.41 Å². The Hall–Kier alpha value is -0.960. The van der Waals surface area contributed by atoms with Crippen molar-refractivity contribution in [3.63, 3.8) is 0 Å². The number of benzene rings is 1. The zero-order chi connectivity index (χ0) is 12.3. The molecule has 0 spiro atoms. The molecule has 0 aromatic heterocycles. The first-order valence-corrected chi connectivity index (χ1v) is 7.02. The van der Waals surface area contributed by atoms with Crippen LogP contribution < -0.4 is 5.32 Å². The Morgan fingerprint density at radius 3 is 2.65 bits per heavy atom. The molecule has 1 fully saturated rings. The van der Waals surface area contributed by atoms with E-state index in [1.807, 2.05) is 11.8 Å². The summed E-state index contributed by atoms with van der Waals surface area (Å²) in [6, 6.07) is 11.0. The zero-order valence-electron chi connectivity index (χ0n) is 10.7. The highest BCUT2D eigenvalue weighted by atomic mass is 32.2. The van der Waals surface area contributed by atoms with E-state index < -0.39 is 0 Å². The maximum atomic E-state index is 4.64. The molecule has 2 nitrogen and oxygen atoms in total. The van der Waals surface area contributed by atoms with Gasteiger partial charge in [-0.05, 0) is 11.0 Å². The highest BCUT2D eigenvalue weighted by molar-refractivity contribution is 8.14. The minimum atomic E-state index is 0.264. The molecule has 0 radical (unpaired) electrons. The van der Waals surface area contributed by atoms with Gasteiger partial charge in [0.25, 0.3) is 0 Å². The summed E-state index contributed by atoms with van der Waals surface area (Å²) in [5.74, 6) is 1.08. The van der Waals surface area contributed by atoms with E-state index in [0.717, 1.165) is 17.5 Å². The van der Waals surface area contributed by atoms with Gasteiger partial charge in [0.15, 0.2) is 5.17 Å². The number of thioether (sulfide) groups is 1. The average Bonchev–Trinajstić information content (AvgIpc) is 2.75. The van der Waals surface area contributed by atoms with Crippen molar-refractivity contribution in [2.75, 3.05) is 12.3 Å². The fourth-order valence-corrected chi connectivity index (χ4v) is 2.64. The van der Waals surface area contributed by atoms with Crippen molar-refractivity contribution in [1.82, 2.24) is 5.32 Å². The molecule has 1 aliphatic heterocycles. The van der Waals surface area contributed by atoms with Crippen LogP contribution >= 0.6 is 11.8 Å². The summed E-state index contributed by atoms with van der Waals surface area (Å²) in [6.07, 6.45) is 0. The van der Waals surface area contributed by atoms with E-state index in [1.165, 1.54) is 5.56 Å². The number of nitrogens with zero attached hydrogens (tertiary/aromatic N) is 1. The summed E-state index contributed by atoms with van der Waals surface area (Å²) in [6.45, 7) is 7.52. The zero-order valence-corrected chi connectivity index (χ0v) is 11.6. The molecule has 0 amide bonds. The van der Waals surface area contributed by atoms with Gasteiger partial charge in [0.1, 0.15) is 0 Å². The van der Waals surface area contributed by atoms with E-state index in [0.29, 0.717) is 6.04 Å². The molecule has 17 heavy (non-hydrogen) atoms. The van der Waals surface area contributed by atoms with Gasteiger partial charge in [-0.2, -0.15) is 0 Å². The topological polar surface area (TPSA) is 24.4 Å². The third kappa shape index (κ3) is 3.77. The van der Waals surface area contributed by atoms with Crippen LogP contribution in [0.25, 0.3) is 0 Å². The van der Waals surface area contributed by atoms with Crippen LogP contribution in [-0.4, -0.2) is 17.5 Å². The van der Waals surface area contributed by atoms with E-state index in [1.54, 1.807) is 0 Å². The summed E-state index contributed by atoms with van der Waals surface area (Å²) in [5, 5.41) is 4.58. The van der Waals surface area contributed by atoms with Crippen LogP contribution in [0.15, 0.2) is 35.3 Å². The predicted molar refractivity (Wildman–Crippen MR) is 76.5 cm³/mol. The lowest BCUT2D eigenvalue weighted by atomic mass is 9.97. The van der Waals surface area contributed by atoms with Crippen LogP contribution in [0, 0.1) is 5.41 Å². The molecule has 3 heteroatoms. The highest BCUT2D eigenvalue weighted by Gasteiger charge is 2.22. The summed E-state index contributed by atoms with van der Waals surface area (Å²) in [5.41, 5.74) is 1.61. The largest absolute Gasteiger partial charge is 0.357 e. The lowest BCUT2D eigenvalue weighted by molar-refractivity contribution is 0.429. The molecule has 1 atom stereocenters. The Kier molecular flexibility index (Phi) is 3.77. The van der Waals surface area contributed by atoms with Crippen molar-refractivity contribution < 1.29 is 0 Å². The Morgan fingerprint density at radius 2 is 2.00 bits per heavy atom. The van der Waals surface area contributed by atoms with Crippen molar-refractivity contribution in [3.05, 3.63) is 35.9 Å². The molecule has 1 N–H and O–H groups in total.